The predicted molar refractivity (Wildman–Crippen MR) is 131 cm³/mol. The maximum atomic E-state index is 13.5. The van der Waals surface area contributed by atoms with Gasteiger partial charge in [-0.2, -0.15) is 8.78 Å². The summed E-state index contributed by atoms with van der Waals surface area (Å²) in [6, 6.07) is 13.1. The Morgan fingerprint density at radius 1 is 0.912 bits per heavy atom. The molecule has 2 aliphatic rings. The standard InChI is InChI=1S/C29H35F2NO2/c1-2-6-19-11-13-20(14-12-19)21-15-17-22(18-16-21)23-7-5-8-24(27(23)34-29(30)31)28-32-25-9-3-4-10-26(25)33-28/h3-5,7-10,19-22,29H,2,6,11-18H2,1H3/t19-,20-,21?,22?. The van der Waals surface area contributed by atoms with Crippen LogP contribution in [0.25, 0.3) is 22.6 Å². The second kappa shape index (κ2) is 10.5. The van der Waals surface area contributed by atoms with Crippen LogP contribution in [0.3, 0.4) is 0 Å². The van der Waals surface area contributed by atoms with Crippen molar-refractivity contribution in [1.82, 2.24) is 4.98 Å². The predicted octanol–water partition coefficient (Wildman–Crippen LogP) is 8.98. The molecule has 2 fully saturated rings. The minimum absolute atomic E-state index is 0.228. The molecule has 0 aliphatic heterocycles. The van der Waals surface area contributed by atoms with E-state index in [1.165, 1.54) is 51.4 Å². The molecule has 0 atom stereocenters. The van der Waals surface area contributed by atoms with Crippen molar-refractivity contribution >= 4 is 11.1 Å². The summed E-state index contributed by atoms with van der Waals surface area (Å²) in [5.41, 5.74) is 2.72. The number of hydrogen-bond donors (Lipinski definition) is 0. The number of nitrogens with zero attached hydrogens (tertiary/aromatic N) is 1. The van der Waals surface area contributed by atoms with Gasteiger partial charge < -0.3 is 9.15 Å². The van der Waals surface area contributed by atoms with E-state index in [1.54, 1.807) is 6.07 Å². The van der Waals surface area contributed by atoms with E-state index in [2.05, 4.69) is 11.9 Å². The first kappa shape index (κ1) is 23.3. The number of benzene rings is 2. The number of alkyl halides is 2. The molecule has 0 saturated heterocycles. The van der Waals surface area contributed by atoms with Gasteiger partial charge >= 0.3 is 6.61 Å². The lowest BCUT2D eigenvalue weighted by atomic mass is 9.68. The van der Waals surface area contributed by atoms with Gasteiger partial charge in [-0.25, -0.2) is 4.98 Å². The number of halogens is 2. The van der Waals surface area contributed by atoms with Crippen LogP contribution in [0.5, 0.6) is 5.75 Å². The van der Waals surface area contributed by atoms with Gasteiger partial charge in [0, 0.05) is 0 Å². The monoisotopic (exact) mass is 467 g/mol. The molecule has 0 unspecified atom stereocenters. The van der Waals surface area contributed by atoms with Crippen LogP contribution in [0.1, 0.15) is 82.6 Å². The molecule has 0 spiro atoms. The fourth-order valence-electron chi connectivity index (χ4n) is 6.51. The molecule has 0 amide bonds. The van der Waals surface area contributed by atoms with Crippen molar-refractivity contribution in [3.8, 4) is 17.2 Å². The van der Waals surface area contributed by atoms with E-state index in [4.69, 9.17) is 9.15 Å². The highest BCUT2D eigenvalue weighted by molar-refractivity contribution is 5.78. The van der Waals surface area contributed by atoms with Gasteiger partial charge in [0.05, 0.1) is 5.56 Å². The summed E-state index contributed by atoms with van der Waals surface area (Å²) in [4.78, 5) is 4.54. The van der Waals surface area contributed by atoms with Gasteiger partial charge in [-0.1, -0.05) is 56.9 Å². The Kier molecular flexibility index (Phi) is 7.17. The van der Waals surface area contributed by atoms with Crippen LogP contribution in [0.2, 0.25) is 0 Å². The molecule has 1 heterocycles. The number of oxazole rings is 1. The van der Waals surface area contributed by atoms with E-state index in [-0.39, 0.29) is 11.7 Å². The molecule has 3 nitrogen and oxygen atoms in total. The first-order chi connectivity index (χ1) is 16.6. The zero-order valence-corrected chi connectivity index (χ0v) is 20.0. The quantitative estimate of drug-likeness (QED) is 0.348. The Morgan fingerprint density at radius 3 is 2.29 bits per heavy atom. The van der Waals surface area contributed by atoms with Crippen molar-refractivity contribution in [2.45, 2.75) is 83.7 Å². The maximum absolute atomic E-state index is 13.5. The third kappa shape index (κ3) is 4.99. The number of para-hydroxylation sites is 3. The summed E-state index contributed by atoms with van der Waals surface area (Å²) in [6.45, 7) is -0.600. The van der Waals surface area contributed by atoms with Gasteiger partial charge in [0.1, 0.15) is 11.3 Å². The summed E-state index contributed by atoms with van der Waals surface area (Å²) in [5, 5.41) is 0. The zero-order chi connectivity index (χ0) is 23.5. The molecule has 34 heavy (non-hydrogen) atoms. The lowest BCUT2D eigenvalue weighted by Gasteiger charge is -2.38. The topological polar surface area (TPSA) is 35.3 Å². The SMILES string of the molecule is CCC[C@H]1CC[C@H](C2CCC(c3cccc(-c4nc5ccccc5o4)c3OC(F)F)CC2)CC1. The normalized spacial score (nSPS) is 25.6. The molecular formula is C29H35F2NO2. The molecular weight excluding hydrogens is 432 g/mol. The van der Waals surface area contributed by atoms with E-state index in [1.807, 2.05) is 36.4 Å². The van der Waals surface area contributed by atoms with E-state index in [0.717, 1.165) is 36.2 Å². The minimum Gasteiger partial charge on any atom is -0.436 e. The third-order valence-electron chi connectivity index (χ3n) is 8.24. The van der Waals surface area contributed by atoms with Crippen LogP contribution in [0, 0.1) is 17.8 Å². The molecule has 3 aromatic rings. The molecule has 0 radical (unpaired) electrons. The van der Waals surface area contributed by atoms with Crippen LogP contribution in [-0.4, -0.2) is 11.6 Å². The lowest BCUT2D eigenvalue weighted by Crippen LogP contribution is -2.25. The second-order valence-electron chi connectivity index (χ2n) is 10.3. The van der Waals surface area contributed by atoms with E-state index in [0.29, 0.717) is 22.6 Å². The number of ether oxygens (including phenoxy) is 1. The highest BCUT2D eigenvalue weighted by Gasteiger charge is 2.33. The summed E-state index contributed by atoms with van der Waals surface area (Å²) in [7, 11) is 0. The van der Waals surface area contributed by atoms with Gasteiger partial charge in [0.25, 0.3) is 0 Å². The summed E-state index contributed by atoms with van der Waals surface area (Å²) in [6.07, 6.45) is 12.6. The van der Waals surface area contributed by atoms with Crippen molar-refractivity contribution < 1.29 is 17.9 Å². The van der Waals surface area contributed by atoms with Crippen LogP contribution >= 0.6 is 0 Å². The summed E-state index contributed by atoms with van der Waals surface area (Å²) in [5.74, 6) is 3.34. The third-order valence-corrected chi connectivity index (χ3v) is 8.24. The Labute approximate surface area is 200 Å². The molecule has 0 N–H and O–H groups in total. The molecule has 2 aromatic carbocycles. The maximum Gasteiger partial charge on any atom is 0.387 e. The Bertz CT molecular complexity index is 1050. The van der Waals surface area contributed by atoms with Crippen molar-refractivity contribution in [2.75, 3.05) is 0 Å². The largest absolute Gasteiger partial charge is 0.436 e. The van der Waals surface area contributed by atoms with Gasteiger partial charge in [-0.3, -0.25) is 0 Å². The molecule has 2 aliphatic carbocycles. The molecule has 5 rings (SSSR count). The van der Waals surface area contributed by atoms with Crippen LogP contribution < -0.4 is 4.74 Å². The molecule has 0 bridgehead atoms. The Balaban J connectivity index is 1.33. The Morgan fingerprint density at radius 2 is 1.62 bits per heavy atom. The Hall–Kier alpha value is -2.43. The molecule has 2 saturated carbocycles. The van der Waals surface area contributed by atoms with Crippen molar-refractivity contribution in [1.29, 1.82) is 0 Å². The summed E-state index contributed by atoms with van der Waals surface area (Å²) >= 11 is 0. The van der Waals surface area contributed by atoms with Gasteiger partial charge in [-0.05, 0) is 86.0 Å². The van der Waals surface area contributed by atoms with Gasteiger partial charge in [0.2, 0.25) is 5.89 Å². The first-order valence-corrected chi connectivity index (χ1v) is 13.1. The lowest BCUT2D eigenvalue weighted by molar-refractivity contribution is -0.0504. The molecule has 1 aromatic heterocycles. The molecule has 182 valence electrons. The van der Waals surface area contributed by atoms with E-state index in [9.17, 15) is 8.78 Å². The highest BCUT2D eigenvalue weighted by Crippen LogP contribution is 2.47. The number of aromatic nitrogens is 1. The van der Waals surface area contributed by atoms with Crippen molar-refractivity contribution in [3.63, 3.8) is 0 Å². The molecule has 5 heteroatoms. The highest BCUT2D eigenvalue weighted by atomic mass is 19.3. The van der Waals surface area contributed by atoms with E-state index >= 15 is 0 Å². The fourth-order valence-corrected chi connectivity index (χ4v) is 6.51. The van der Waals surface area contributed by atoms with Gasteiger partial charge in [0.15, 0.2) is 5.58 Å². The number of rotatable bonds is 7. The fraction of sp³-hybridized carbons (Fsp3) is 0.552. The van der Waals surface area contributed by atoms with Crippen LogP contribution in [0.15, 0.2) is 46.9 Å². The van der Waals surface area contributed by atoms with E-state index < -0.39 is 6.61 Å². The van der Waals surface area contributed by atoms with Gasteiger partial charge in [-0.15, -0.1) is 0 Å². The van der Waals surface area contributed by atoms with Crippen LogP contribution in [0.4, 0.5) is 8.78 Å². The average Bonchev–Trinajstić information content (AvgIpc) is 3.29. The number of fused-ring (bicyclic) bond motifs is 1. The first-order valence-electron chi connectivity index (χ1n) is 13.1. The summed E-state index contributed by atoms with van der Waals surface area (Å²) < 4.78 is 38.0. The smallest absolute Gasteiger partial charge is 0.387 e. The second-order valence-corrected chi connectivity index (χ2v) is 10.3. The minimum atomic E-state index is -2.89. The zero-order valence-electron chi connectivity index (χ0n) is 20.0. The number of hydrogen-bond acceptors (Lipinski definition) is 3. The average molecular weight is 468 g/mol. The van der Waals surface area contributed by atoms with Crippen molar-refractivity contribution in [2.24, 2.45) is 17.8 Å². The van der Waals surface area contributed by atoms with Crippen molar-refractivity contribution in [3.05, 3.63) is 48.0 Å². The van der Waals surface area contributed by atoms with Crippen LogP contribution in [-0.2, 0) is 0 Å².